The highest BCUT2D eigenvalue weighted by atomic mass is 35.5. The van der Waals surface area contributed by atoms with Crippen LogP contribution in [0.2, 0.25) is 5.02 Å². The molecule has 2 heterocycles. The van der Waals surface area contributed by atoms with Gasteiger partial charge in [-0.1, -0.05) is 17.7 Å². The summed E-state index contributed by atoms with van der Waals surface area (Å²) in [6.45, 7) is 6.74. The third-order valence-electron chi connectivity index (χ3n) is 6.43. The molecule has 2 aromatic rings. The molecule has 1 amide bonds. The summed E-state index contributed by atoms with van der Waals surface area (Å²) in [7, 11) is 0. The fourth-order valence-corrected chi connectivity index (χ4v) is 5.01. The molecule has 1 aromatic carbocycles. The second-order valence-electron chi connectivity index (χ2n) is 9.85. The Kier molecular flexibility index (Phi) is 4.42. The monoisotopic (exact) mass is 430 g/mol. The van der Waals surface area contributed by atoms with Gasteiger partial charge in [-0.25, -0.2) is 9.78 Å². The highest BCUT2D eigenvalue weighted by Crippen LogP contribution is 2.56. The molecule has 3 aliphatic rings. The van der Waals surface area contributed by atoms with E-state index < -0.39 is 5.60 Å². The fraction of sp³-hybridized carbons (Fsp3) is 0.591. The molecule has 5 rings (SSSR count). The number of aromatic nitrogens is 2. The van der Waals surface area contributed by atoms with Gasteiger partial charge in [0.1, 0.15) is 11.4 Å². The summed E-state index contributed by atoms with van der Waals surface area (Å²) in [5.74, 6) is 1.45. The Morgan fingerprint density at radius 3 is 2.53 bits per heavy atom. The quantitative estimate of drug-likeness (QED) is 0.804. The Bertz CT molecular complexity index is 1080. The average Bonchev–Trinajstić information content (AvgIpc) is 3.57. The van der Waals surface area contributed by atoms with Crippen LogP contribution in [0.4, 0.5) is 4.79 Å². The number of benzene rings is 1. The van der Waals surface area contributed by atoms with Gasteiger partial charge in [0, 0.05) is 31.0 Å². The van der Waals surface area contributed by atoms with E-state index in [1.165, 1.54) is 0 Å². The van der Waals surface area contributed by atoms with E-state index in [4.69, 9.17) is 27.1 Å². The lowest BCUT2D eigenvalue weighted by atomic mass is 10.1. The molecule has 3 atom stereocenters. The van der Waals surface area contributed by atoms with Crippen molar-refractivity contribution in [2.45, 2.75) is 51.3 Å². The SMILES string of the molecule is CC(C)(C)OC(=O)N1CC2C(C1)C2n1c([C@@H](N)C2CC2)nc2cccc(Cl)c2c1=O. The normalized spacial score (nSPS) is 26.6. The number of piperidine rings is 1. The van der Waals surface area contributed by atoms with Crippen molar-refractivity contribution in [1.29, 1.82) is 0 Å². The standard InChI is InChI=1S/C22H27ClN4O3/c1-22(2,3)30-21(29)26-9-12-13(10-26)18(12)27-19(17(24)11-7-8-11)25-15-6-4-5-14(23)16(15)20(27)28/h4-6,11-13,17-18H,7-10,24H2,1-3H3/t12?,13?,17-,18?/m0/s1. The van der Waals surface area contributed by atoms with Gasteiger partial charge in [0.15, 0.2) is 0 Å². The van der Waals surface area contributed by atoms with E-state index in [1.807, 2.05) is 26.8 Å². The summed E-state index contributed by atoms with van der Waals surface area (Å²) < 4.78 is 7.29. The van der Waals surface area contributed by atoms with Gasteiger partial charge >= 0.3 is 6.09 Å². The minimum absolute atomic E-state index is 0.00385. The van der Waals surface area contributed by atoms with Crippen molar-refractivity contribution < 1.29 is 9.53 Å². The minimum atomic E-state index is -0.524. The van der Waals surface area contributed by atoms with Crippen molar-refractivity contribution in [1.82, 2.24) is 14.5 Å². The fourth-order valence-electron chi connectivity index (χ4n) is 4.76. The average molecular weight is 431 g/mol. The number of ether oxygens (including phenoxy) is 1. The summed E-state index contributed by atoms with van der Waals surface area (Å²) in [5, 5.41) is 0.853. The second-order valence-corrected chi connectivity index (χ2v) is 10.3. The van der Waals surface area contributed by atoms with Gasteiger partial charge in [0.05, 0.1) is 22.0 Å². The number of fused-ring (bicyclic) bond motifs is 2. The zero-order valence-corrected chi connectivity index (χ0v) is 18.2. The predicted molar refractivity (Wildman–Crippen MR) is 114 cm³/mol. The lowest BCUT2D eigenvalue weighted by Gasteiger charge is -2.27. The Labute approximate surface area is 180 Å². The van der Waals surface area contributed by atoms with Crippen LogP contribution in [0.25, 0.3) is 10.9 Å². The van der Waals surface area contributed by atoms with Crippen LogP contribution in [0.1, 0.15) is 51.5 Å². The third kappa shape index (κ3) is 3.28. The molecule has 0 spiro atoms. The molecule has 0 bridgehead atoms. The van der Waals surface area contributed by atoms with Crippen LogP contribution in [0, 0.1) is 17.8 Å². The number of likely N-dealkylation sites (tertiary alicyclic amines) is 1. The van der Waals surface area contributed by atoms with Crippen molar-refractivity contribution in [3.63, 3.8) is 0 Å². The van der Waals surface area contributed by atoms with Crippen LogP contribution in [0.5, 0.6) is 0 Å². The molecule has 1 aromatic heterocycles. The maximum Gasteiger partial charge on any atom is 0.410 e. The first-order valence-electron chi connectivity index (χ1n) is 10.6. The molecule has 2 aliphatic carbocycles. The van der Waals surface area contributed by atoms with Crippen LogP contribution < -0.4 is 11.3 Å². The van der Waals surface area contributed by atoms with E-state index in [2.05, 4.69) is 0 Å². The first kappa shape index (κ1) is 19.8. The summed E-state index contributed by atoms with van der Waals surface area (Å²) in [5.41, 5.74) is 6.46. The number of carbonyl (C=O) groups is 1. The van der Waals surface area contributed by atoms with Crippen molar-refractivity contribution >= 4 is 28.6 Å². The van der Waals surface area contributed by atoms with Crippen molar-refractivity contribution in [3.8, 4) is 0 Å². The number of nitrogens with two attached hydrogens (primary N) is 1. The first-order chi connectivity index (χ1) is 14.2. The summed E-state index contributed by atoms with van der Waals surface area (Å²) in [6.07, 6.45) is 1.83. The second kappa shape index (κ2) is 6.69. The third-order valence-corrected chi connectivity index (χ3v) is 6.75. The van der Waals surface area contributed by atoms with Crippen molar-refractivity contribution in [2.75, 3.05) is 13.1 Å². The lowest BCUT2D eigenvalue weighted by molar-refractivity contribution is 0.0266. The van der Waals surface area contributed by atoms with E-state index in [0.29, 0.717) is 40.8 Å². The van der Waals surface area contributed by atoms with Crippen LogP contribution >= 0.6 is 11.6 Å². The topological polar surface area (TPSA) is 90.4 Å². The van der Waals surface area contributed by atoms with Crippen LogP contribution in [-0.2, 0) is 4.74 Å². The lowest BCUT2D eigenvalue weighted by Crippen LogP contribution is -2.38. The number of hydrogen-bond donors (Lipinski definition) is 1. The highest BCUT2D eigenvalue weighted by molar-refractivity contribution is 6.35. The minimum Gasteiger partial charge on any atom is -0.444 e. The molecule has 7 nitrogen and oxygen atoms in total. The number of halogens is 1. The Balaban J connectivity index is 1.48. The van der Waals surface area contributed by atoms with Crippen LogP contribution in [0.3, 0.4) is 0 Å². The maximum absolute atomic E-state index is 13.5. The maximum atomic E-state index is 13.5. The smallest absolute Gasteiger partial charge is 0.410 e. The molecule has 2 unspecified atom stereocenters. The number of carbonyl (C=O) groups excluding carboxylic acids is 1. The molecule has 2 saturated carbocycles. The van der Waals surface area contributed by atoms with Gasteiger partial charge in [0.25, 0.3) is 5.56 Å². The molecular weight excluding hydrogens is 404 g/mol. The summed E-state index contributed by atoms with van der Waals surface area (Å²) in [6, 6.07) is 5.08. The molecular formula is C22H27ClN4O3. The number of nitrogens with zero attached hydrogens (tertiary/aromatic N) is 3. The Morgan fingerprint density at radius 2 is 1.93 bits per heavy atom. The van der Waals surface area contributed by atoms with Crippen LogP contribution in [0.15, 0.2) is 23.0 Å². The van der Waals surface area contributed by atoms with Gasteiger partial charge in [-0.2, -0.15) is 0 Å². The molecule has 1 saturated heterocycles. The van der Waals surface area contributed by atoms with Crippen LogP contribution in [-0.4, -0.2) is 39.2 Å². The molecule has 160 valence electrons. The Morgan fingerprint density at radius 1 is 1.27 bits per heavy atom. The van der Waals surface area contributed by atoms with E-state index >= 15 is 0 Å². The van der Waals surface area contributed by atoms with Gasteiger partial charge in [-0.15, -0.1) is 0 Å². The number of rotatable bonds is 3. The molecule has 30 heavy (non-hydrogen) atoms. The summed E-state index contributed by atoms with van der Waals surface area (Å²) >= 11 is 6.36. The van der Waals surface area contributed by atoms with E-state index in [0.717, 1.165) is 12.8 Å². The van der Waals surface area contributed by atoms with Gasteiger partial charge in [-0.05, 0) is 51.7 Å². The van der Waals surface area contributed by atoms with Gasteiger partial charge in [0.2, 0.25) is 0 Å². The largest absolute Gasteiger partial charge is 0.444 e. The zero-order valence-electron chi connectivity index (χ0n) is 17.5. The molecule has 1 aliphatic heterocycles. The highest BCUT2D eigenvalue weighted by Gasteiger charge is 2.59. The molecule has 0 radical (unpaired) electrons. The van der Waals surface area contributed by atoms with Gasteiger partial charge in [-0.3, -0.25) is 9.36 Å². The van der Waals surface area contributed by atoms with Gasteiger partial charge < -0.3 is 15.4 Å². The van der Waals surface area contributed by atoms with Crippen molar-refractivity contribution in [2.24, 2.45) is 23.5 Å². The number of amides is 1. The number of hydrogen-bond acceptors (Lipinski definition) is 5. The van der Waals surface area contributed by atoms with E-state index in [-0.39, 0.29) is 35.6 Å². The molecule has 2 N–H and O–H groups in total. The van der Waals surface area contributed by atoms with E-state index in [9.17, 15) is 9.59 Å². The van der Waals surface area contributed by atoms with Crippen molar-refractivity contribution in [3.05, 3.63) is 39.4 Å². The van der Waals surface area contributed by atoms with E-state index in [1.54, 1.807) is 21.6 Å². The summed E-state index contributed by atoms with van der Waals surface area (Å²) in [4.78, 5) is 32.5. The molecule has 3 fully saturated rings. The predicted octanol–water partition coefficient (Wildman–Crippen LogP) is 3.50. The first-order valence-corrected chi connectivity index (χ1v) is 11.0. The molecule has 8 heteroatoms. The zero-order chi connectivity index (χ0) is 21.4. The Hall–Kier alpha value is -2.12.